The molecule has 0 aliphatic carbocycles. The fourth-order valence-corrected chi connectivity index (χ4v) is 2.46. The molecule has 0 aromatic heterocycles. The van der Waals surface area contributed by atoms with E-state index in [1.165, 1.54) is 6.92 Å². The van der Waals surface area contributed by atoms with Gasteiger partial charge in [-0.2, -0.15) is 0 Å². The van der Waals surface area contributed by atoms with Crippen LogP contribution in [-0.4, -0.2) is 43.6 Å². The monoisotopic (exact) mass is 266 g/mol. The number of carboxylic acid groups (broad SMARTS) is 2. The maximum Gasteiger partial charge on any atom is 0.314 e. The summed E-state index contributed by atoms with van der Waals surface area (Å²) in [6.45, 7) is 1.21. The van der Waals surface area contributed by atoms with E-state index in [1.54, 1.807) is 0 Å². The van der Waals surface area contributed by atoms with Crippen LogP contribution >= 0.6 is 7.72 Å². The highest BCUT2D eigenvalue weighted by molar-refractivity contribution is 7.81. The molecule has 0 saturated carbocycles. The fourth-order valence-electron chi connectivity index (χ4n) is 1.24. The van der Waals surface area contributed by atoms with Crippen LogP contribution in [0, 0.1) is 11.3 Å². The first-order valence-corrected chi connectivity index (χ1v) is 6.88. The van der Waals surface area contributed by atoms with Crippen LogP contribution in [0.5, 0.6) is 0 Å². The Bertz CT molecular complexity index is 317. The minimum atomic E-state index is -3.63. The molecular formula is C9H17NO6P+. The van der Waals surface area contributed by atoms with Crippen molar-refractivity contribution in [1.29, 1.82) is 5.41 Å². The highest BCUT2D eigenvalue weighted by Crippen LogP contribution is 2.52. The van der Waals surface area contributed by atoms with Crippen LogP contribution in [0.15, 0.2) is 0 Å². The number of hydrogen-bond acceptors (Lipinski definition) is 5. The molecule has 0 radical (unpaired) electrons. The lowest BCUT2D eigenvalue weighted by molar-refractivity contribution is -0.142. The Kier molecular flexibility index (Phi) is 6.23. The highest BCUT2D eigenvalue weighted by Gasteiger charge is 2.42. The van der Waals surface area contributed by atoms with Gasteiger partial charge in [-0.05, 0) is 12.8 Å². The van der Waals surface area contributed by atoms with Gasteiger partial charge in [-0.15, -0.1) is 0 Å². The van der Waals surface area contributed by atoms with Gasteiger partial charge in [0.25, 0.3) is 0 Å². The zero-order valence-corrected chi connectivity index (χ0v) is 10.4. The van der Waals surface area contributed by atoms with E-state index in [0.29, 0.717) is 0 Å². The van der Waals surface area contributed by atoms with Crippen molar-refractivity contribution in [2.45, 2.75) is 26.2 Å². The zero-order valence-electron chi connectivity index (χ0n) is 9.46. The SMILES string of the molecule is CC(=N)[P+](O)(O)CC(CCCC(=O)O)C(=O)O. The Morgan fingerprint density at radius 3 is 2.18 bits per heavy atom. The smallest absolute Gasteiger partial charge is 0.314 e. The lowest BCUT2D eigenvalue weighted by atomic mass is 10.0. The summed E-state index contributed by atoms with van der Waals surface area (Å²) in [5.41, 5.74) is -0.331. The van der Waals surface area contributed by atoms with Crippen molar-refractivity contribution in [1.82, 2.24) is 0 Å². The molecule has 0 aliphatic heterocycles. The van der Waals surface area contributed by atoms with Gasteiger partial charge in [0.2, 0.25) is 5.45 Å². The van der Waals surface area contributed by atoms with Gasteiger partial charge in [0.05, 0.1) is 5.92 Å². The van der Waals surface area contributed by atoms with E-state index in [4.69, 9.17) is 15.6 Å². The van der Waals surface area contributed by atoms with Crippen molar-refractivity contribution in [3.8, 4) is 0 Å². The van der Waals surface area contributed by atoms with Gasteiger partial charge >= 0.3 is 19.7 Å². The molecule has 0 fully saturated rings. The van der Waals surface area contributed by atoms with Crippen LogP contribution in [0.2, 0.25) is 0 Å². The van der Waals surface area contributed by atoms with E-state index in [-0.39, 0.29) is 24.7 Å². The average molecular weight is 266 g/mol. The number of rotatable bonds is 8. The third-order valence-electron chi connectivity index (χ3n) is 2.30. The number of carbonyl (C=O) groups is 2. The Morgan fingerprint density at radius 2 is 1.82 bits per heavy atom. The van der Waals surface area contributed by atoms with Crippen molar-refractivity contribution in [2.75, 3.05) is 6.16 Å². The van der Waals surface area contributed by atoms with Crippen molar-refractivity contribution in [3.63, 3.8) is 0 Å². The first-order valence-electron chi connectivity index (χ1n) is 5.00. The summed E-state index contributed by atoms with van der Waals surface area (Å²) in [5.74, 6) is -3.26. The molecule has 1 unspecified atom stereocenters. The quantitative estimate of drug-likeness (QED) is 0.325. The van der Waals surface area contributed by atoms with E-state index in [0.717, 1.165) is 0 Å². The molecule has 98 valence electrons. The summed E-state index contributed by atoms with van der Waals surface area (Å²) >= 11 is 0. The summed E-state index contributed by atoms with van der Waals surface area (Å²) in [5, 5.41) is 24.4. The molecule has 8 heteroatoms. The molecule has 1 atom stereocenters. The van der Waals surface area contributed by atoms with Gasteiger partial charge in [0.15, 0.2) is 0 Å². The molecule has 0 amide bonds. The topological polar surface area (TPSA) is 139 Å². The standard InChI is InChI=1S/C9H16NO6P/c1-6(10)17(15,16)5-7(9(13)14)3-2-4-8(11)12/h7,10,15-16H,2-5H2,1H3,(H-,11,12,13,14)/p+1. The molecule has 5 N–H and O–H groups in total. The third kappa shape index (κ3) is 6.31. The summed E-state index contributed by atoms with van der Waals surface area (Å²) in [4.78, 5) is 40.1. The normalized spacial score (nSPS) is 13.1. The second-order valence-corrected chi connectivity index (χ2v) is 6.32. The molecule has 0 aromatic rings. The van der Waals surface area contributed by atoms with Gasteiger partial charge < -0.3 is 10.2 Å². The Labute approximate surface area is 99.1 Å². The van der Waals surface area contributed by atoms with Crippen LogP contribution in [0.3, 0.4) is 0 Å². The summed E-state index contributed by atoms with van der Waals surface area (Å²) in [7, 11) is -3.63. The molecule has 0 saturated heterocycles. The van der Waals surface area contributed by atoms with E-state index in [2.05, 4.69) is 0 Å². The Hall–Kier alpha value is -1.04. The number of aliphatic carboxylic acids is 2. The first-order chi connectivity index (χ1) is 7.66. The minimum absolute atomic E-state index is 0.0534. The molecule has 7 nitrogen and oxygen atoms in total. The van der Waals surface area contributed by atoms with Crippen molar-refractivity contribution in [2.24, 2.45) is 5.92 Å². The van der Waals surface area contributed by atoms with Crippen molar-refractivity contribution in [3.05, 3.63) is 0 Å². The number of nitrogens with one attached hydrogen (secondary N) is 1. The number of hydrogen-bond donors (Lipinski definition) is 5. The predicted molar refractivity (Wildman–Crippen MR) is 62.2 cm³/mol. The van der Waals surface area contributed by atoms with Crippen molar-refractivity contribution >= 4 is 25.1 Å². The molecule has 0 heterocycles. The molecule has 0 aromatic carbocycles. The van der Waals surface area contributed by atoms with E-state index in [1.807, 2.05) is 0 Å². The van der Waals surface area contributed by atoms with Gasteiger partial charge in [0, 0.05) is 13.3 Å². The third-order valence-corrected chi connectivity index (χ3v) is 4.33. The lowest BCUT2D eigenvalue weighted by Gasteiger charge is -2.15. The van der Waals surface area contributed by atoms with Crippen LogP contribution in [-0.2, 0) is 9.59 Å². The lowest BCUT2D eigenvalue weighted by Crippen LogP contribution is -2.22. The van der Waals surface area contributed by atoms with Crippen LogP contribution in [0.1, 0.15) is 26.2 Å². The summed E-state index contributed by atoms with van der Waals surface area (Å²) < 4.78 is 0. The van der Waals surface area contributed by atoms with Gasteiger partial charge in [-0.25, -0.2) is 9.79 Å². The Balaban J connectivity index is 4.40. The largest absolute Gasteiger partial charge is 0.481 e. The first kappa shape index (κ1) is 16.0. The van der Waals surface area contributed by atoms with Crippen molar-refractivity contribution < 1.29 is 29.6 Å². The van der Waals surface area contributed by atoms with Crippen LogP contribution in [0.25, 0.3) is 0 Å². The van der Waals surface area contributed by atoms with Crippen LogP contribution < -0.4 is 0 Å². The Morgan fingerprint density at radius 1 is 1.29 bits per heavy atom. The van der Waals surface area contributed by atoms with E-state index >= 15 is 0 Å². The number of carboxylic acids is 2. The predicted octanol–water partition coefficient (Wildman–Crippen LogP) is 0.771. The molecule has 0 bridgehead atoms. The fraction of sp³-hybridized carbons (Fsp3) is 0.667. The van der Waals surface area contributed by atoms with Gasteiger partial charge in [-0.1, -0.05) is 0 Å². The zero-order chi connectivity index (χ0) is 13.6. The van der Waals surface area contributed by atoms with E-state index < -0.39 is 31.7 Å². The molecule has 0 aliphatic rings. The molecular weight excluding hydrogens is 249 g/mol. The minimum Gasteiger partial charge on any atom is -0.481 e. The molecule has 17 heavy (non-hydrogen) atoms. The molecule has 0 rings (SSSR count). The summed E-state index contributed by atoms with van der Waals surface area (Å²) in [6.07, 6.45) is -0.353. The van der Waals surface area contributed by atoms with Gasteiger partial charge in [-0.3, -0.25) is 15.0 Å². The maximum atomic E-state index is 10.9. The average Bonchev–Trinajstić information content (AvgIpc) is 2.14. The van der Waals surface area contributed by atoms with Gasteiger partial charge in [0.1, 0.15) is 6.16 Å². The molecule has 0 spiro atoms. The maximum absolute atomic E-state index is 10.9. The van der Waals surface area contributed by atoms with Crippen LogP contribution in [0.4, 0.5) is 0 Å². The highest BCUT2D eigenvalue weighted by atomic mass is 31.2. The second kappa shape index (κ2) is 6.64. The van der Waals surface area contributed by atoms with E-state index in [9.17, 15) is 19.4 Å². The second-order valence-electron chi connectivity index (χ2n) is 3.82. The summed E-state index contributed by atoms with van der Waals surface area (Å²) in [6, 6.07) is 0.